The summed E-state index contributed by atoms with van der Waals surface area (Å²) in [5.41, 5.74) is 0.504. The third-order valence-electron chi connectivity index (χ3n) is 8.21. The number of amides is 1. The summed E-state index contributed by atoms with van der Waals surface area (Å²) in [6, 6.07) is 9.27. The Balaban J connectivity index is 1.47. The second kappa shape index (κ2) is 10.8. The molecule has 0 bridgehead atoms. The van der Waals surface area contributed by atoms with Gasteiger partial charge in [-0.25, -0.2) is 0 Å². The summed E-state index contributed by atoms with van der Waals surface area (Å²) in [7, 11) is 0. The summed E-state index contributed by atoms with van der Waals surface area (Å²) in [4.78, 5) is 39.5. The molecule has 202 valence electrons. The number of nitrogens with zero attached hydrogens (tertiary/aromatic N) is 1. The molecule has 1 aromatic heterocycles. The van der Waals surface area contributed by atoms with Crippen molar-refractivity contribution in [3.8, 4) is 5.75 Å². The van der Waals surface area contributed by atoms with E-state index in [4.69, 9.17) is 13.9 Å². The Morgan fingerprint density at radius 2 is 1.97 bits per heavy atom. The maximum absolute atomic E-state index is 12.8. The zero-order chi connectivity index (χ0) is 26.8. The Morgan fingerprint density at radius 1 is 1.13 bits per heavy atom. The van der Waals surface area contributed by atoms with Crippen LogP contribution in [0.2, 0.25) is 0 Å². The van der Waals surface area contributed by atoms with Crippen molar-refractivity contribution in [2.75, 3.05) is 19.6 Å². The van der Waals surface area contributed by atoms with E-state index in [1.54, 1.807) is 30.7 Å². The Bertz CT molecular complexity index is 1200. The monoisotopic (exact) mass is 520 g/mol. The number of hydrogen-bond acceptors (Lipinski definition) is 7. The fourth-order valence-electron chi connectivity index (χ4n) is 6.45. The number of nitrogens with one attached hydrogen (secondary N) is 1. The van der Waals surface area contributed by atoms with E-state index in [-0.39, 0.29) is 23.9 Å². The van der Waals surface area contributed by atoms with Crippen LogP contribution in [0.25, 0.3) is 6.08 Å². The first-order valence-corrected chi connectivity index (χ1v) is 13.5. The zero-order valence-electron chi connectivity index (χ0n) is 22.1. The molecule has 0 spiro atoms. The van der Waals surface area contributed by atoms with Crippen LogP contribution in [0.3, 0.4) is 0 Å². The van der Waals surface area contributed by atoms with E-state index >= 15 is 0 Å². The topological polar surface area (TPSA) is 98.1 Å². The van der Waals surface area contributed by atoms with Crippen LogP contribution in [-0.4, -0.2) is 54.0 Å². The molecule has 3 atom stereocenters. The predicted octanol–water partition coefficient (Wildman–Crippen LogP) is 4.24. The van der Waals surface area contributed by atoms with Crippen molar-refractivity contribution in [1.29, 1.82) is 0 Å². The number of ether oxygens (including phenoxy) is 2. The van der Waals surface area contributed by atoms with Crippen LogP contribution in [0.15, 0.2) is 53.4 Å². The maximum atomic E-state index is 12.8. The highest BCUT2D eigenvalue weighted by Crippen LogP contribution is 2.54. The van der Waals surface area contributed by atoms with Gasteiger partial charge in [-0.05, 0) is 80.8 Å². The molecule has 0 radical (unpaired) electrons. The van der Waals surface area contributed by atoms with Gasteiger partial charge >= 0.3 is 11.9 Å². The van der Waals surface area contributed by atoms with Crippen molar-refractivity contribution in [2.24, 2.45) is 5.92 Å². The third kappa shape index (κ3) is 5.70. The van der Waals surface area contributed by atoms with E-state index in [1.165, 1.54) is 32.8 Å². The number of hydrogen-bond donors (Lipinski definition) is 1. The molecule has 1 aromatic carbocycles. The lowest BCUT2D eigenvalue weighted by molar-refractivity contribution is -0.187. The van der Waals surface area contributed by atoms with E-state index in [1.807, 2.05) is 18.2 Å². The molecule has 2 aromatic rings. The molecule has 0 unspecified atom stereocenters. The smallest absolute Gasteiger partial charge is 0.308 e. The van der Waals surface area contributed by atoms with Crippen LogP contribution in [0, 0.1) is 5.92 Å². The fraction of sp³-hybridized carbons (Fsp3) is 0.500. The summed E-state index contributed by atoms with van der Waals surface area (Å²) in [5.74, 6) is 0.330. The van der Waals surface area contributed by atoms with Crippen LogP contribution in [0.1, 0.15) is 63.5 Å². The van der Waals surface area contributed by atoms with Crippen LogP contribution in [-0.2, 0) is 24.5 Å². The Morgan fingerprint density at radius 3 is 2.68 bits per heavy atom. The van der Waals surface area contributed by atoms with Gasteiger partial charge in [0.25, 0.3) is 0 Å². The van der Waals surface area contributed by atoms with Gasteiger partial charge in [-0.2, -0.15) is 0 Å². The molecule has 2 heterocycles. The Labute approximate surface area is 223 Å². The van der Waals surface area contributed by atoms with Gasteiger partial charge in [-0.3, -0.25) is 19.3 Å². The van der Waals surface area contributed by atoms with Gasteiger partial charge in [0, 0.05) is 50.0 Å². The van der Waals surface area contributed by atoms with E-state index in [2.05, 4.69) is 10.2 Å². The van der Waals surface area contributed by atoms with Crippen molar-refractivity contribution in [2.45, 2.75) is 69.4 Å². The minimum Gasteiger partial charge on any atom is -0.472 e. The SMILES string of the molecule is CC(=O)Oc1cccc([C@@]23CCN(CC4CC4)C[C@@]2(OC(C)=O)CC[C@@H](NC(=O)/C=C/c2ccoc2)C3)c1. The van der Waals surface area contributed by atoms with Gasteiger partial charge in [0.05, 0.1) is 12.5 Å². The first-order valence-electron chi connectivity index (χ1n) is 13.5. The van der Waals surface area contributed by atoms with Crippen LogP contribution in [0.5, 0.6) is 5.75 Å². The zero-order valence-corrected chi connectivity index (χ0v) is 22.1. The van der Waals surface area contributed by atoms with Crippen molar-refractivity contribution in [3.63, 3.8) is 0 Å². The lowest BCUT2D eigenvalue weighted by Gasteiger charge is -2.59. The number of rotatable bonds is 8. The molecular weight excluding hydrogens is 484 g/mol. The minimum absolute atomic E-state index is 0.104. The van der Waals surface area contributed by atoms with Gasteiger partial charge in [-0.1, -0.05) is 12.1 Å². The summed E-state index contributed by atoms with van der Waals surface area (Å²) >= 11 is 0. The fourth-order valence-corrected chi connectivity index (χ4v) is 6.45. The van der Waals surface area contributed by atoms with E-state index < -0.39 is 11.0 Å². The van der Waals surface area contributed by atoms with Crippen molar-refractivity contribution in [1.82, 2.24) is 10.2 Å². The van der Waals surface area contributed by atoms with Crippen molar-refractivity contribution in [3.05, 3.63) is 60.1 Å². The number of benzene rings is 1. The van der Waals surface area contributed by atoms with Gasteiger partial charge in [0.2, 0.25) is 5.91 Å². The molecule has 3 fully saturated rings. The standard InChI is InChI=1S/C30H36N2O6/c1-21(33)37-27-5-3-4-25(16-27)29-13-14-32(18-23-6-7-23)20-30(29,38-22(2)34)12-10-26(17-29)31-28(35)9-8-24-11-15-36-19-24/h3-5,8-9,11,15-16,19,23,26H,6-7,10,12-14,17-18,20H2,1-2H3,(H,31,35)/b9-8+/t26-,29+,30+/m1/s1. The van der Waals surface area contributed by atoms with Gasteiger partial charge in [-0.15, -0.1) is 0 Å². The van der Waals surface area contributed by atoms with Crippen molar-refractivity contribution >= 4 is 23.9 Å². The third-order valence-corrected chi connectivity index (χ3v) is 8.21. The first kappa shape index (κ1) is 26.2. The highest BCUT2D eigenvalue weighted by atomic mass is 16.6. The normalized spacial score (nSPS) is 27.5. The number of likely N-dealkylation sites (tertiary alicyclic amines) is 1. The number of furan rings is 1. The summed E-state index contributed by atoms with van der Waals surface area (Å²) < 4.78 is 16.8. The largest absolute Gasteiger partial charge is 0.472 e. The molecular formula is C30H36N2O6. The molecule has 2 saturated carbocycles. The lowest BCUT2D eigenvalue weighted by Crippen LogP contribution is -2.68. The molecule has 8 nitrogen and oxygen atoms in total. The van der Waals surface area contributed by atoms with E-state index in [9.17, 15) is 14.4 Å². The highest BCUT2D eigenvalue weighted by molar-refractivity contribution is 5.91. The van der Waals surface area contributed by atoms with Crippen LogP contribution < -0.4 is 10.1 Å². The van der Waals surface area contributed by atoms with Crippen molar-refractivity contribution < 1.29 is 28.3 Å². The maximum Gasteiger partial charge on any atom is 0.308 e. The number of carbonyl (C=O) groups excluding carboxylic acids is 3. The highest BCUT2D eigenvalue weighted by Gasteiger charge is 2.61. The summed E-state index contributed by atoms with van der Waals surface area (Å²) in [6.07, 6.45) is 11.6. The minimum atomic E-state index is -0.741. The molecule has 1 saturated heterocycles. The number of carbonyl (C=O) groups is 3. The van der Waals surface area contributed by atoms with Crippen LogP contribution >= 0.6 is 0 Å². The van der Waals surface area contributed by atoms with Gasteiger partial charge in [0.1, 0.15) is 11.4 Å². The number of piperidine rings is 1. The van der Waals surface area contributed by atoms with Crippen LogP contribution in [0.4, 0.5) is 0 Å². The Hall–Kier alpha value is -3.39. The molecule has 1 N–H and O–H groups in total. The lowest BCUT2D eigenvalue weighted by atomic mass is 9.55. The summed E-state index contributed by atoms with van der Waals surface area (Å²) in [6.45, 7) is 5.41. The molecule has 3 aliphatic rings. The number of esters is 2. The van der Waals surface area contributed by atoms with E-state index in [0.29, 0.717) is 31.6 Å². The average molecular weight is 521 g/mol. The van der Waals surface area contributed by atoms with Gasteiger partial charge in [0.15, 0.2) is 0 Å². The number of fused-ring (bicyclic) bond motifs is 1. The quantitative estimate of drug-likeness (QED) is 0.316. The van der Waals surface area contributed by atoms with E-state index in [0.717, 1.165) is 36.6 Å². The molecule has 5 rings (SSSR count). The predicted molar refractivity (Wildman–Crippen MR) is 141 cm³/mol. The first-order chi connectivity index (χ1) is 18.3. The molecule has 1 aliphatic heterocycles. The molecule has 2 aliphatic carbocycles. The molecule has 8 heteroatoms. The van der Waals surface area contributed by atoms with Gasteiger partial charge < -0.3 is 19.2 Å². The average Bonchev–Trinajstić information content (AvgIpc) is 3.52. The molecule has 1 amide bonds. The second-order valence-electron chi connectivity index (χ2n) is 11.1. The molecule has 38 heavy (non-hydrogen) atoms. The second-order valence-corrected chi connectivity index (χ2v) is 11.1. The Kier molecular flexibility index (Phi) is 7.43. The summed E-state index contributed by atoms with van der Waals surface area (Å²) in [5, 5.41) is 3.18.